The van der Waals surface area contributed by atoms with Crippen molar-refractivity contribution in [2.45, 2.75) is 25.4 Å². The van der Waals surface area contributed by atoms with Gasteiger partial charge in [0.15, 0.2) is 5.96 Å². The number of nitro groups is 1. The number of nitrogens with one attached hydrogen (secondary N) is 1. The Bertz CT molecular complexity index is 829. The molecule has 0 atom stereocenters. The molecule has 1 aliphatic carbocycles. The second-order valence-electron chi connectivity index (χ2n) is 7.00. The fourth-order valence-corrected chi connectivity index (χ4v) is 3.11. The van der Waals surface area contributed by atoms with E-state index in [9.17, 15) is 10.1 Å². The van der Waals surface area contributed by atoms with Crippen LogP contribution in [0.5, 0.6) is 0 Å². The first-order chi connectivity index (χ1) is 13.7. The van der Waals surface area contributed by atoms with Crippen LogP contribution in [-0.2, 0) is 6.54 Å². The van der Waals surface area contributed by atoms with Crippen molar-refractivity contribution in [3.63, 3.8) is 0 Å². The summed E-state index contributed by atoms with van der Waals surface area (Å²) in [4.78, 5) is 28.3. The number of nitro benzene ring substituents is 1. The maximum atomic E-state index is 10.8. The first-order valence-electron chi connectivity index (χ1n) is 9.50. The molecule has 0 spiro atoms. The van der Waals surface area contributed by atoms with Gasteiger partial charge in [0.1, 0.15) is 0 Å². The third-order valence-electron chi connectivity index (χ3n) is 4.88. The Balaban J connectivity index is 1.40. The minimum absolute atomic E-state index is 0.100. The van der Waals surface area contributed by atoms with E-state index in [2.05, 4.69) is 25.1 Å². The van der Waals surface area contributed by atoms with E-state index >= 15 is 0 Å². The molecule has 1 aromatic carbocycles. The minimum atomic E-state index is -0.386. The third-order valence-corrected chi connectivity index (χ3v) is 4.88. The van der Waals surface area contributed by atoms with Crippen molar-refractivity contribution in [2.75, 3.05) is 31.1 Å². The number of aliphatic imine (C=N–C) groups is 1. The molecule has 28 heavy (non-hydrogen) atoms. The van der Waals surface area contributed by atoms with Crippen LogP contribution in [-0.4, -0.2) is 58.0 Å². The van der Waals surface area contributed by atoms with Crippen LogP contribution in [0.25, 0.3) is 0 Å². The normalized spacial score (nSPS) is 17.5. The lowest BCUT2D eigenvalue weighted by Gasteiger charge is -2.36. The zero-order valence-electron chi connectivity index (χ0n) is 15.6. The van der Waals surface area contributed by atoms with Gasteiger partial charge in [-0.1, -0.05) is 12.1 Å². The van der Waals surface area contributed by atoms with E-state index in [0.29, 0.717) is 12.6 Å². The number of guanidine groups is 1. The fourth-order valence-electron chi connectivity index (χ4n) is 3.11. The van der Waals surface area contributed by atoms with Gasteiger partial charge >= 0.3 is 0 Å². The summed E-state index contributed by atoms with van der Waals surface area (Å²) in [7, 11) is 0. The number of nitrogens with zero attached hydrogens (tertiary/aromatic N) is 6. The highest BCUT2D eigenvalue weighted by Gasteiger charge is 2.27. The Morgan fingerprint density at radius 3 is 2.43 bits per heavy atom. The smallest absolute Gasteiger partial charge is 0.269 e. The zero-order chi connectivity index (χ0) is 19.3. The van der Waals surface area contributed by atoms with Gasteiger partial charge in [0, 0.05) is 56.7 Å². The first kappa shape index (κ1) is 18.1. The summed E-state index contributed by atoms with van der Waals surface area (Å²) in [5, 5.41) is 14.3. The van der Waals surface area contributed by atoms with Gasteiger partial charge < -0.3 is 15.1 Å². The summed E-state index contributed by atoms with van der Waals surface area (Å²) in [5.41, 5.74) is 1.06. The van der Waals surface area contributed by atoms with Crippen molar-refractivity contribution in [1.29, 1.82) is 0 Å². The first-order valence-corrected chi connectivity index (χ1v) is 9.50. The Morgan fingerprint density at radius 1 is 1.14 bits per heavy atom. The highest BCUT2D eigenvalue weighted by Crippen LogP contribution is 2.20. The van der Waals surface area contributed by atoms with Crippen molar-refractivity contribution in [2.24, 2.45) is 4.99 Å². The highest BCUT2D eigenvalue weighted by molar-refractivity contribution is 5.81. The molecular weight excluding hydrogens is 358 g/mol. The van der Waals surface area contributed by atoms with E-state index in [1.54, 1.807) is 24.5 Å². The van der Waals surface area contributed by atoms with Crippen LogP contribution in [0, 0.1) is 10.1 Å². The third kappa shape index (κ3) is 4.54. The highest BCUT2D eigenvalue weighted by atomic mass is 16.6. The Hall–Kier alpha value is -3.23. The molecule has 1 N–H and O–H groups in total. The topological polar surface area (TPSA) is 99.8 Å². The van der Waals surface area contributed by atoms with Gasteiger partial charge in [0.25, 0.3) is 5.69 Å². The molecule has 2 heterocycles. The van der Waals surface area contributed by atoms with Crippen molar-refractivity contribution in [1.82, 2.24) is 20.2 Å². The number of anilines is 1. The van der Waals surface area contributed by atoms with Gasteiger partial charge in [0.2, 0.25) is 5.95 Å². The predicted octanol–water partition coefficient (Wildman–Crippen LogP) is 1.81. The number of benzene rings is 1. The molecule has 0 unspecified atom stereocenters. The standard InChI is InChI=1S/C19H23N7O2/c27-26(28)17-6-2-15(3-7-17)14-22-19(23-16-4-5-16)25-12-10-24(11-13-25)18-20-8-1-9-21-18/h1-3,6-9,16H,4-5,10-14H2,(H,22,23). The van der Waals surface area contributed by atoms with Crippen LogP contribution in [0.15, 0.2) is 47.7 Å². The van der Waals surface area contributed by atoms with E-state index in [4.69, 9.17) is 4.99 Å². The summed E-state index contributed by atoms with van der Waals surface area (Å²) >= 11 is 0. The van der Waals surface area contributed by atoms with Crippen LogP contribution < -0.4 is 10.2 Å². The maximum absolute atomic E-state index is 10.8. The quantitative estimate of drug-likeness (QED) is 0.365. The molecule has 0 amide bonds. The van der Waals surface area contributed by atoms with Crippen molar-refractivity contribution in [3.8, 4) is 0 Å². The average molecular weight is 381 g/mol. The van der Waals surface area contributed by atoms with E-state index < -0.39 is 0 Å². The van der Waals surface area contributed by atoms with Gasteiger partial charge in [-0.15, -0.1) is 0 Å². The lowest BCUT2D eigenvalue weighted by Crippen LogP contribution is -2.53. The van der Waals surface area contributed by atoms with Gasteiger partial charge in [-0.3, -0.25) is 10.1 Å². The Labute approximate surface area is 163 Å². The van der Waals surface area contributed by atoms with Gasteiger partial charge in [-0.25, -0.2) is 15.0 Å². The van der Waals surface area contributed by atoms with Crippen LogP contribution in [0.4, 0.5) is 11.6 Å². The van der Waals surface area contributed by atoms with Crippen LogP contribution >= 0.6 is 0 Å². The van der Waals surface area contributed by atoms with E-state index in [1.807, 2.05) is 6.07 Å². The molecule has 1 saturated carbocycles. The molecule has 4 rings (SSSR count). The van der Waals surface area contributed by atoms with E-state index in [-0.39, 0.29) is 10.6 Å². The molecule has 0 bridgehead atoms. The van der Waals surface area contributed by atoms with E-state index in [1.165, 1.54) is 25.0 Å². The number of non-ortho nitro benzene ring substituents is 1. The second kappa shape index (κ2) is 8.20. The lowest BCUT2D eigenvalue weighted by molar-refractivity contribution is -0.384. The second-order valence-corrected chi connectivity index (χ2v) is 7.00. The Kier molecular flexibility index (Phi) is 5.31. The molecule has 9 nitrogen and oxygen atoms in total. The molecule has 1 aromatic heterocycles. The molecule has 1 saturated heterocycles. The van der Waals surface area contributed by atoms with Crippen LogP contribution in [0.2, 0.25) is 0 Å². The molecular formula is C19H23N7O2. The number of hydrogen-bond donors (Lipinski definition) is 1. The number of aromatic nitrogens is 2. The number of hydrogen-bond acceptors (Lipinski definition) is 6. The SMILES string of the molecule is O=[N+]([O-])c1ccc(CN=C(NC2CC2)N2CCN(c3ncccn3)CC2)cc1. The summed E-state index contributed by atoms with van der Waals surface area (Å²) < 4.78 is 0. The van der Waals surface area contributed by atoms with Crippen LogP contribution in [0.1, 0.15) is 18.4 Å². The summed E-state index contributed by atoms with van der Waals surface area (Å²) in [6.45, 7) is 3.86. The summed E-state index contributed by atoms with van der Waals surface area (Å²) in [6, 6.07) is 8.91. The van der Waals surface area contributed by atoms with Crippen molar-refractivity contribution >= 4 is 17.6 Å². The average Bonchev–Trinajstić information content (AvgIpc) is 3.56. The van der Waals surface area contributed by atoms with Crippen molar-refractivity contribution < 1.29 is 4.92 Å². The van der Waals surface area contributed by atoms with E-state index in [0.717, 1.165) is 43.7 Å². The zero-order valence-corrected chi connectivity index (χ0v) is 15.6. The maximum Gasteiger partial charge on any atom is 0.269 e. The molecule has 2 aliphatic rings. The van der Waals surface area contributed by atoms with Gasteiger partial charge in [-0.05, 0) is 24.5 Å². The summed E-state index contributed by atoms with van der Waals surface area (Å²) in [6.07, 6.45) is 5.88. The van der Waals surface area contributed by atoms with Crippen LogP contribution in [0.3, 0.4) is 0 Å². The van der Waals surface area contributed by atoms with Gasteiger partial charge in [-0.2, -0.15) is 0 Å². The van der Waals surface area contributed by atoms with Gasteiger partial charge in [0.05, 0.1) is 11.5 Å². The number of rotatable bonds is 5. The predicted molar refractivity (Wildman–Crippen MR) is 106 cm³/mol. The molecule has 2 aromatic rings. The molecule has 146 valence electrons. The lowest BCUT2D eigenvalue weighted by atomic mass is 10.2. The molecule has 0 radical (unpaired) electrons. The monoisotopic (exact) mass is 381 g/mol. The minimum Gasteiger partial charge on any atom is -0.353 e. The summed E-state index contributed by atoms with van der Waals surface area (Å²) in [5.74, 6) is 1.68. The van der Waals surface area contributed by atoms with Crippen molar-refractivity contribution in [3.05, 3.63) is 58.4 Å². The fraction of sp³-hybridized carbons (Fsp3) is 0.421. The molecule has 1 aliphatic heterocycles. The molecule has 9 heteroatoms. The largest absolute Gasteiger partial charge is 0.353 e. The molecule has 2 fully saturated rings. The Morgan fingerprint density at radius 2 is 1.82 bits per heavy atom. The number of piperazine rings is 1.